The van der Waals surface area contributed by atoms with E-state index in [2.05, 4.69) is 29.4 Å². The van der Waals surface area contributed by atoms with Crippen molar-refractivity contribution in [1.29, 1.82) is 0 Å². The largest absolute Gasteiger partial charge is 0.366 e. The van der Waals surface area contributed by atoms with Crippen LogP contribution >= 0.6 is 11.8 Å². The van der Waals surface area contributed by atoms with Crippen molar-refractivity contribution in [1.82, 2.24) is 14.2 Å². The Kier molecular flexibility index (Phi) is 4.19. The fraction of sp³-hybridized carbons (Fsp3) is 0.263. The average molecular weight is 355 g/mol. The summed E-state index contributed by atoms with van der Waals surface area (Å²) in [7, 11) is 0. The molecule has 5 nitrogen and oxygen atoms in total. The minimum atomic E-state index is -0.464. The van der Waals surface area contributed by atoms with Gasteiger partial charge in [-0.3, -0.25) is 4.79 Å². The Labute approximate surface area is 151 Å². The minimum Gasteiger partial charge on any atom is -0.366 e. The van der Waals surface area contributed by atoms with Crippen LogP contribution in [0.1, 0.15) is 34.7 Å². The average Bonchev–Trinajstić information content (AvgIpc) is 3.06. The second-order valence-electron chi connectivity index (χ2n) is 6.48. The third-order valence-corrected chi connectivity index (χ3v) is 5.11. The maximum absolute atomic E-state index is 11.6. The van der Waals surface area contributed by atoms with Crippen LogP contribution in [0.2, 0.25) is 0 Å². The molecule has 25 heavy (non-hydrogen) atoms. The van der Waals surface area contributed by atoms with Gasteiger partial charge in [-0.2, -0.15) is 5.10 Å². The van der Waals surface area contributed by atoms with Crippen molar-refractivity contribution in [2.24, 2.45) is 5.73 Å². The molecule has 1 fully saturated rings. The fourth-order valence-electron chi connectivity index (χ4n) is 3.48. The molecule has 2 N–H and O–H groups in total. The Hall–Kier alpha value is -2.37. The third-order valence-electron chi connectivity index (χ3n) is 4.80. The number of rotatable bonds is 3. The van der Waals surface area contributed by atoms with Crippen LogP contribution < -0.4 is 5.73 Å². The highest BCUT2D eigenvalue weighted by atomic mass is 35.5. The fourth-order valence-corrected chi connectivity index (χ4v) is 3.76. The van der Waals surface area contributed by atoms with Gasteiger partial charge in [0, 0.05) is 24.7 Å². The van der Waals surface area contributed by atoms with E-state index in [-0.39, 0.29) is 0 Å². The summed E-state index contributed by atoms with van der Waals surface area (Å²) in [6, 6.07) is 13.8. The third kappa shape index (κ3) is 3.13. The maximum atomic E-state index is 11.6. The number of benzene rings is 2. The molecule has 2 aromatic carbocycles. The molecule has 1 atom stereocenters. The second kappa shape index (κ2) is 6.50. The number of carbonyl (C=O) groups is 1. The summed E-state index contributed by atoms with van der Waals surface area (Å²) in [6.45, 7) is 1.84. The van der Waals surface area contributed by atoms with E-state index in [9.17, 15) is 4.79 Å². The highest BCUT2D eigenvalue weighted by Crippen LogP contribution is 2.28. The molecule has 2 heterocycles. The molecule has 0 saturated carbocycles. The molecule has 0 aliphatic carbocycles. The number of halogens is 1. The lowest BCUT2D eigenvalue weighted by molar-refractivity contribution is 0.100. The first kappa shape index (κ1) is 16.1. The molecule has 0 bridgehead atoms. The molecule has 0 unspecified atom stereocenters. The van der Waals surface area contributed by atoms with Crippen molar-refractivity contribution < 1.29 is 4.79 Å². The van der Waals surface area contributed by atoms with Gasteiger partial charge in [0.2, 0.25) is 0 Å². The summed E-state index contributed by atoms with van der Waals surface area (Å²) in [5.41, 5.74) is 8.76. The van der Waals surface area contributed by atoms with Gasteiger partial charge in [-0.1, -0.05) is 24.3 Å². The zero-order valence-corrected chi connectivity index (χ0v) is 14.5. The van der Waals surface area contributed by atoms with Gasteiger partial charge in [-0.05, 0) is 54.3 Å². The molecular formula is C19H19ClN4O. The molecule has 1 amide bonds. The molecular weight excluding hydrogens is 336 g/mol. The van der Waals surface area contributed by atoms with Gasteiger partial charge < -0.3 is 5.73 Å². The molecule has 1 saturated heterocycles. The van der Waals surface area contributed by atoms with Crippen LogP contribution in [0.4, 0.5) is 0 Å². The van der Waals surface area contributed by atoms with Crippen molar-refractivity contribution in [3.8, 4) is 5.69 Å². The normalized spacial score (nSPS) is 18.5. The second-order valence-corrected chi connectivity index (χ2v) is 6.96. The monoisotopic (exact) mass is 354 g/mol. The number of hydrogen-bond acceptors (Lipinski definition) is 3. The lowest BCUT2D eigenvalue weighted by atomic mass is 9.91. The molecule has 3 aromatic rings. The SMILES string of the molecule is NC(=O)c1cccc2cn(-c3ccc([C@@H]4CCCN(Cl)C4)cc3)nc12. The highest BCUT2D eigenvalue weighted by molar-refractivity contribution is 6.13. The Morgan fingerprint density at radius 2 is 2.00 bits per heavy atom. The number of nitrogens with two attached hydrogens (primary N) is 1. The predicted molar refractivity (Wildman–Crippen MR) is 99.0 cm³/mol. The minimum absolute atomic E-state index is 0.442. The number of fused-ring (bicyclic) bond motifs is 1. The lowest BCUT2D eigenvalue weighted by Crippen LogP contribution is -2.26. The molecule has 0 spiro atoms. The summed E-state index contributed by atoms with van der Waals surface area (Å²) in [5, 5.41) is 5.44. The standard InChI is InChI=1S/C19H19ClN4O/c20-23-10-2-4-14(11-23)13-6-8-16(9-7-13)24-12-15-3-1-5-17(19(21)25)18(15)22-24/h1,3,5-9,12,14H,2,4,10-11H2,(H2,21,25)/t14-/m1/s1. The maximum Gasteiger partial charge on any atom is 0.250 e. The van der Waals surface area contributed by atoms with Crippen LogP contribution in [0.25, 0.3) is 16.6 Å². The van der Waals surface area contributed by atoms with Gasteiger partial charge in [-0.25, -0.2) is 9.10 Å². The van der Waals surface area contributed by atoms with E-state index in [1.807, 2.05) is 22.7 Å². The van der Waals surface area contributed by atoms with E-state index in [0.29, 0.717) is 17.0 Å². The molecule has 1 aromatic heterocycles. The summed E-state index contributed by atoms with van der Waals surface area (Å²) >= 11 is 6.16. The van der Waals surface area contributed by atoms with Gasteiger partial charge >= 0.3 is 0 Å². The van der Waals surface area contributed by atoms with Gasteiger partial charge in [0.05, 0.1) is 11.3 Å². The number of primary amides is 1. The predicted octanol–water partition coefficient (Wildman–Crippen LogP) is 3.46. The van der Waals surface area contributed by atoms with Gasteiger partial charge in [0.25, 0.3) is 5.91 Å². The van der Waals surface area contributed by atoms with Crippen molar-refractivity contribution in [2.75, 3.05) is 13.1 Å². The number of amides is 1. The Morgan fingerprint density at radius 3 is 2.72 bits per heavy atom. The van der Waals surface area contributed by atoms with Crippen molar-refractivity contribution in [3.63, 3.8) is 0 Å². The van der Waals surface area contributed by atoms with Crippen molar-refractivity contribution in [3.05, 3.63) is 59.8 Å². The Balaban J connectivity index is 1.65. The molecule has 1 aliphatic rings. The Morgan fingerprint density at radius 1 is 1.20 bits per heavy atom. The van der Waals surface area contributed by atoms with Crippen LogP contribution in [0.3, 0.4) is 0 Å². The van der Waals surface area contributed by atoms with Gasteiger partial charge in [-0.15, -0.1) is 0 Å². The van der Waals surface area contributed by atoms with Crippen LogP contribution in [-0.2, 0) is 0 Å². The van der Waals surface area contributed by atoms with E-state index in [1.165, 1.54) is 5.56 Å². The van der Waals surface area contributed by atoms with Gasteiger partial charge in [0.1, 0.15) is 5.52 Å². The van der Waals surface area contributed by atoms with Crippen molar-refractivity contribution >= 4 is 28.6 Å². The highest BCUT2D eigenvalue weighted by Gasteiger charge is 2.20. The molecule has 6 heteroatoms. The summed E-state index contributed by atoms with van der Waals surface area (Å²) < 4.78 is 3.66. The quantitative estimate of drug-likeness (QED) is 0.732. The number of nitrogens with zero attached hydrogens (tertiary/aromatic N) is 3. The summed E-state index contributed by atoms with van der Waals surface area (Å²) in [5.74, 6) is 0.00702. The zero-order valence-electron chi connectivity index (χ0n) is 13.7. The van der Waals surface area contributed by atoms with Crippen LogP contribution in [0.15, 0.2) is 48.7 Å². The van der Waals surface area contributed by atoms with E-state index in [0.717, 1.165) is 37.0 Å². The van der Waals surface area contributed by atoms with Crippen LogP contribution in [0, 0.1) is 0 Å². The molecule has 128 valence electrons. The van der Waals surface area contributed by atoms with Crippen LogP contribution in [0.5, 0.6) is 0 Å². The van der Waals surface area contributed by atoms with Crippen molar-refractivity contribution in [2.45, 2.75) is 18.8 Å². The topological polar surface area (TPSA) is 64.2 Å². The lowest BCUT2D eigenvalue weighted by Gasteiger charge is -2.27. The Bertz CT molecular complexity index is 919. The number of carbonyl (C=O) groups excluding carboxylic acids is 1. The van der Waals surface area contributed by atoms with Gasteiger partial charge in [0.15, 0.2) is 0 Å². The first-order chi connectivity index (χ1) is 12.1. The number of piperidine rings is 1. The first-order valence-corrected chi connectivity index (χ1v) is 8.75. The number of hydrogen-bond donors (Lipinski definition) is 1. The summed E-state index contributed by atoms with van der Waals surface area (Å²) in [4.78, 5) is 11.6. The molecule has 1 aliphatic heterocycles. The van der Waals surface area contributed by atoms with E-state index < -0.39 is 5.91 Å². The molecule has 0 radical (unpaired) electrons. The van der Waals surface area contributed by atoms with Crippen LogP contribution in [-0.4, -0.2) is 33.2 Å². The first-order valence-electron chi connectivity index (χ1n) is 8.41. The molecule has 4 rings (SSSR count). The van der Waals surface area contributed by atoms with E-state index in [1.54, 1.807) is 10.7 Å². The number of aromatic nitrogens is 2. The smallest absolute Gasteiger partial charge is 0.250 e. The summed E-state index contributed by atoms with van der Waals surface area (Å²) in [6.07, 6.45) is 4.20. The van der Waals surface area contributed by atoms with E-state index in [4.69, 9.17) is 17.5 Å². The zero-order chi connectivity index (χ0) is 17.4. The van der Waals surface area contributed by atoms with E-state index >= 15 is 0 Å².